The molecule has 6 nitrogen and oxygen atoms in total. The van der Waals surface area contributed by atoms with Gasteiger partial charge in [-0.3, -0.25) is 0 Å². The normalized spacial score (nSPS) is 43.1. The van der Waals surface area contributed by atoms with Crippen LogP contribution in [0.2, 0.25) is 0 Å². The Bertz CT molecular complexity index is 302. The molecule has 0 bridgehead atoms. The highest BCUT2D eigenvalue weighted by Crippen LogP contribution is 2.35. The number of rotatable bonds is 3. The van der Waals surface area contributed by atoms with Crippen LogP contribution in [0.5, 0.6) is 0 Å². The van der Waals surface area contributed by atoms with Gasteiger partial charge in [0, 0.05) is 6.54 Å². The molecule has 0 amide bonds. The van der Waals surface area contributed by atoms with Crippen molar-refractivity contribution in [1.82, 2.24) is 5.32 Å². The molecule has 5 atom stereocenters. The Morgan fingerprint density at radius 3 is 2.82 bits per heavy atom. The van der Waals surface area contributed by atoms with E-state index in [1.807, 2.05) is 6.92 Å². The van der Waals surface area contributed by atoms with Gasteiger partial charge in [0.2, 0.25) is 0 Å². The smallest absolute Gasteiger partial charge is 0.286 e. The van der Waals surface area contributed by atoms with Gasteiger partial charge in [-0.15, -0.1) is 11.8 Å². The molecule has 5 unspecified atom stereocenters. The van der Waals surface area contributed by atoms with Crippen molar-refractivity contribution in [2.45, 2.75) is 42.3 Å². The lowest BCUT2D eigenvalue weighted by atomic mass is 10.0. The summed E-state index contributed by atoms with van der Waals surface area (Å²) >= 11 is 1.33. The minimum absolute atomic E-state index is 0.184. The summed E-state index contributed by atoms with van der Waals surface area (Å²) in [6.45, 7) is 2.49. The lowest BCUT2D eigenvalue weighted by molar-refractivity contribution is -0.0206. The van der Waals surface area contributed by atoms with E-state index in [0.717, 1.165) is 6.42 Å². The number of nitrogens with zero attached hydrogens (tertiary/aromatic N) is 1. The van der Waals surface area contributed by atoms with Crippen LogP contribution in [0.4, 0.5) is 0 Å². The van der Waals surface area contributed by atoms with Crippen LogP contribution in [0, 0.1) is 0 Å². The van der Waals surface area contributed by atoms with Crippen molar-refractivity contribution < 1.29 is 20.1 Å². The van der Waals surface area contributed by atoms with E-state index < -0.39 is 17.5 Å². The molecule has 0 aromatic rings. The maximum atomic E-state index is 9.92. The predicted octanol–water partition coefficient (Wildman–Crippen LogP) is -1.10. The summed E-state index contributed by atoms with van der Waals surface area (Å²) in [5, 5.41) is 31.4. The number of aliphatic hydroxyl groups excluding tert-OH is 3. The molecule has 0 radical (unpaired) electrons. The molecule has 4 N–H and O–H groups in total. The van der Waals surface area contributed by atoms with E-state index >= 15 is 0 Å². The van der Waals surface area contributed by atoms with E-state index in [4.69, 9.17) is 9.84 Å². The largest absolute Gasteiger partial charge is 0.449 e. The van der Waals surface area contributed by atoms with Crippen LogP contribution >= 0.6 is 11.8 Å². The molecule has 2 saturated heterocycles. The SMILES string of the molecule is CCCN=C1NC2C(O1)SC(CO)C(O)C2O. The standard InChI is InChI=1S/C10H18N2O4S/c1-2-3-11-10-12-6-8(15)7(14)5(4-13)17-9(6)16-10/h5-9,13-15H,2-4H2,1H3,(H,11,12). The monoisotopic (exact) mass is 262 g/mol. The molecule has 7 heteroatoms. The average molecular weight is 262 g/mol. The van der Waals surface area contributed by atoms with Crippen LogP contribution in [-0.2, 0) is 4.74 Å². The summed E-state index contributed by atoms with van der Waals surface area (Å²) in [5.41, 5.74) is -0.304. The third-order valence-corrected chi connectivity index (χ3v) is 4.31. The second-order valence-corrected chi connectivity index (χ2v) is 5.52. The van der Waals surface area contributed by atoms with Crippen molar-refractivity contribution in [3.63, 3.8) is 0 Å². The van der Waals surface area contributed by atoms with Gasteiger partial charge >= 0.3 is 0 Å². The van der Waals surface area contributed by atoms with Gasteiger partial charge in [-0.05, 0) is 6.42 Å². The zero-order chi connectivity index (χ0) is 12.4. The minimum atomic E-state index is -0.951. The molecule has 17 heavy (non-hydrogen) atoms. The van der Waals surface area contributed by atoms with Gasteiger partial charge in [-0.1, -0.05) is 6.92 Å². The van der Waals surface area contributed by atoms with Gasteiger partial charge in [-0.2, -0.15) is 0 Å². The molecule has 0 spiro atoms. The van der Waals surface area contributed by atoms with E-state index in [2.05, 4.69) is 10.3 Å². The zero-order valence-electron chi connectivity index (χ0n) is 9.61. The van der Waals surface area contributed by atoms with Gasteiger partial charge < -0.3 is 25.4 Å². The zero-order valence-corrected chi connectivity index (χ0v) is 10.4. The third-order valence-electron chi connectivity index (χ3n) is 2.88. The third kappa shape index (κ3) is 2.52. The summed E-state index contributed by atoms with van der Waals surface area (Å²) in [5.74, 6) is 0. The molecule has 2 fully saturated rings. The topological polar surface area (TPSA) is 94.3 Å². The first-order valence-electron chi connectivity index (χ1n) is 5.77. The van der Waals surface area contributed by atoms with E-state index in [0.29, 0.717) is 12.6 Å². The Balaban J connectivity index is 2.04. The minimum Gasteiger partial charge on any atom is -0.449 e. The van der Waals surface area contributed by atoms with E-state index in [-0.39, 0.29) is 18.1 Å². The molecular weight excluding hydrogens is 244 g/mol. The number of hydrogen-bond donors (Lipinski definition) is 4. The molecule has 2 aliphatic rings. The lowest BCUT2D eigenvalue weighted by Gasteiger charge is -2.36. The highest BCUT2D eigenvalue weighted by atomic mass is 32.2. The number of fused-ring (bicyclic) bond motifs is 1. The van der Waals surface area contributed by atoms with Gasteiger partial charge in [0.1, 0.15) is 12.1 Å². The van der Waals surface area contributed by atoms with E-state index in [1.54, 1.807) is 0 Å². The van der Waals surface area contributed by atoms with Crippen molar-refractivity contribution in [3.05, 3.63) is 0 Å². The molecule has 98 valence electrons. The van der Waals surface area contributed by atoms with Crippen LogP contribution < -0.4 is 5.32 Å². The summed E-state index contributed by atoms with van der Waals surface area (Å²) in [7, 11) is 0. The molecule has 2 aliphatic heterocycles. The van der Waals surface area contributed by atoms with Crippen molar-refractivity contribution in [3.8, 4) is 0 Å². The number of aliphatic hydroxyl groups is 3. The first-order chi connectivity index (χ1) is 8.17. The van der Waals surface area contributed by atoms with Crippen molar-refractivity contribution >= 4 is 17.8 Å². The number of amidine groups is 1. The van der Waals surface area contributed by atoms with Gasteiger partial charge in [-0.25, -0.2) is 4.99 Å². The van der Waals surface area contributed by atoms with Gasteiger partial charge in [0.25, 0.3) is 6.02 Å². The summed E-state index contributed by atoms with van der Waals surface area (Å²) < 4.78 is 5.54. The van der Waals surface area contributed by atoms with Crippen molar-refractivity contribution in [1.29, 1.82) is 0 Å². The van der Waals surface area contributed by atoms with Crippen LogP contribution in [0.1, 0.15) is 13.3 Å². The molecule has 0 aliphatic carbocycles. The Morgan fingerprint density at radius 1 is 1.41 bits per heavy atom. The van der Waals surface area contributed by atoms with E-state index in [9.17, 15) is 10.2 Å². The Kier molecular flexibility index (Phi) is 4.13. The first-order valence-corrected chi connectivity index (χ1v) is 6.71. The average Bonchev–Trinajstić information content (AvgIpc) is 2.74. The molecular formula is C10H18N2O4S. The maximum absolute atomic E-state index is 9.92. The lowest BCUT2D eigenvalue weighted by Crippen LogP contribution is -2.56. The van der Waals surface area contributed by atoms with Gasteiger partial charge in [0.05, 0.1) is 18.0 Å². The van der Waals surface area contributed by atoms with Crippen molar-refractivity contribution in [2.24, 2.45) is 4.99 Å². The number of hydrogen-bond acceptors (Lipinski definition) is 6. The van der Waals surface area contributed by atoms with Gasteiger partial charge in [0.15, 0.2) is 5.44 Å². The Hall–Kier alpha value is -0.500. The number of thioether (sulfide) groups is 1. The molecule has 2 heterocycles. The Labute approximate surface area is 104 Å². The number of nitrogens with one attached hydrogen (secondary N) is 1. The second-order valence-electron chi connectivity index (χ2n) is 4.18. The molecule has 0 saturated carbocycles. The highest BCUT2D eigenvalue weighted by molar-refractivity contribution is 8.00. The number of aliphatic imine (C=N–C) groups is 1. The van der Waals surface area contributed by atoms with E-state index in [1.165, 1.54) is 11.8 Å². The van der Waals surface area contributed by atoms with Crippen LogP contribution in [-0.4, -0.2) is 63.4 Å². The summed E-state index contributed by atoms with van der Waals surface area (Å²) in [6.07, 6.45) is -0.984. The fraction of sp³-hybridized carbons (Fsp3) is 0.900. The van der Waals surface area contributed by atoms with Crippen molar-refractivity contribution in [2.75, 3.05) is 13.2 Å². The summed E-state index contributed by atoms with van der Waals surface area (Å²) in [6, 6.07) is 0.0487. The molecule has 2 rings (SSSR count). The molecule has 0 aromatic carbocycles. The fourth-order valence-corrected chi connectivity index (χ4v) is 3.22. The summed E-state index contributed by atoms with van der Waals surface area (Å²) in [4.78, 5) is 4.19. The Morgan fingerprint density at radius 2 is 2.18 bits per heavy atom. The second kappa shape index (κ2) is 5.43. The maximum Gasteiger partial charge on any atom is 0.286 e. The highest BCUT2D eigenvalue weighted by Gasteiger charge is 2.49. The van der Waals surface area contributed by atoms with Crippen LogP contribution in [0.15, 0.2) is 4.99 Å². The van der Waals surface area contributed by atoms with Crippen LogP contribution in [0.25, 0.3) is 0 Å². The first kappa shape index (κ1) is 12.9. The predicted molar refractivity (Wildman–Crippen MR) is 64.9 cm³/mol. The quantitative estimate of drug-likeness (QED) is 0.516. The fourth-order valence-electron chi connectivity index (χ4n) is 1.92. The number of ether oxygens (including phenoxy) is 1. The van der Waals surface area contributed by atoms with Crippen LogP contribution in [0.3, 0.4) is 0 Å². The molecule has 0 aromatic heterocycles.